The zero-order valence-electron chi connectivity index (χ0n) is 15.1. The summed E-state index contributed by atoms with van der Waals surface area (Å²) in [6.45, 7) is 1.44. The number of benzene rings is 2. The first-order valence-electron chi connectivity index (χ1n) is 8.10. The lowest BCUT2D eigenvalue weighted by molar-refractivity contribution is -0.116. The number of nitrogens with zero attached hydrogens (tertiary/aromatic N) is 3. The van der Waals surface area contributed by atoms with Gasteiger partial charge in [-0.05, 0) is 29.3 Å². The van der Waals surface area contributed by atoms with Gasteiger partial charge in [-0.15, -0.1) is 0 Å². The first kappa shape index (κ1) is 18.5. The van der Waals surface area contributed by atoms with E-state index in [0.717, 1.165) is 11.1 Å². The van der Waals surface area contributed by atoms with Crippen molar-refractivity contribution in [2.45, 2.75) is 11.8 Å². The van der Waals surface area contributed by atoms with Gasteiger partial charge in [0.2, 0.25) is 5.91 Å². The van der Waals surface area contributed by atoms with Crippen molar-refractivity contribution in [2.24, 2.45) is 0 Å². The minimum absolute atomic E-state index is 0.181. The summed E-state index contributed by atoms with van der Waals surface area (Å²) in [7, 11) is -1.63. The number of rotatable bonds is 3. The van der Waals surface area contributed by atoms with Gasteiger partial charge in [0.1, 0.15) is 6.07 Å². The molecule has 0 aliphatic carbocycles. The number of aromatic nitrogens is 1. The molecule has 1 amide bonds. The molecule has 6 nitrogen and oxygen atoms in total. The highest BCUT2D eigenvalue weighted by atomic mass is 32.2. The molecule has 0 saturated carbocycles. The molecular weight excluding hydrogens is 362 g/mol. The average Bonchev–Trinajstić information content (AvgIpc) is 2.65. The van der Waals surface area contributed by atoms with Crippen molar-refractivity contribution in [2.75, 3.05) is 18.2 Å². The number of carbonyl (C=O) groups excluding carboxylic acids is 1. The third kappa shape index (κ3) is 3.52. The van der Waals surface area contributed by atoms with Crippen LogP contribution >= 0.6 is 0 Å². The first-order chi connectivity index (χ1) is 12.7. The monoisotopic (exact) mass is 379 g/mol. The molecule has 3 rings (SSSR count). The van der Waals surface area contributed by atoms with Crippen LogP contribution in [0, 0.1) is 11.3 Å². The van der Waals surface area contributed by atoms with Gasteiger partial charge in [-0.3, -0.25) is 9.78 Å². The van der Waals surface area contributed by atoms with Gasteiger partial charge in [0.15, 0.2) is 9.84 Å². The van der Waals surface area contributed by atoms with Crippen molar-refractivity contribution < 1.29 is 13.2 Å². The van der Waals surface area contributed by atoms with Crippen LogP contribution in [0.15, 0.2) is 53.6 Å². The van der Waals surface area contributed by atoms with Gasteiger partial charge in [-0.2, -0.15) is 5.26 Å². The zero-order chi connectivity index (χ0) is 19.8. The highest BCUT2D eigenvalue weighted by molar-refractivity contribution is 7.90. The summed E-state index contributed by atoms with van der Waals surface area (Å²) in [4.78, 5) is 17.8. The average molecular weight is 379 g/mol. The van der Waals surface area contributed by atoms with E-state index in [1.807, 2.05) is 18.2 Å². The Balaban J connectivity index is 2.14. The molecule has 3 aromatic rings. The quantitative estimate of drug-likeness (QED) is 0.697. The summed E-state index contributed by atoms with van der Waals surface area (Å²) in [6.07, 6.45) is 2.62. The number of amides is 1. The van der Waals surface area contributed by atoms with Gasteiger partial charge in [0, 0.05) is 31.8 Å². The number of hydrogen-bond acceptors (Lipinski definition) is 5. The van der Waals surface area contributed by atoms with Crippen LogP contribution < -0.4 is 4.90 Å². The lowest BCUT2D eigenvalue weighted by Crippen LogP contribution is -2.24. The molecule has 0 aliphatic rings. The number of carbonyl (C=O) groups is 1. The van der Waals surface area contributed by atoms with Crippen molar-refractivity contribution in [3.8, 4) is 17.2 Å². The molecule has 0 bridgehead atoms. The standard InChI is InChI=1S/C20H17N3O3S/c1-13(24)23(2)20-16(11-21)12-22-19-10-15(6-9-18(19)20)14-4-7-17(8-5-14)27(3,25)26/h4-10,12H,1-3H3. The van der Waals surface area contributed by atoms with Crippen molar-refractivity contribution in [1.29, 1.82) is 5.26 Å². The second-order valence-electron chi connectivity index (χ2n) is 6.24. The van der Waals surface area contributed by atoms with Gasteiger partial charge < -0.3 is 4.90 Å². The Hall–Kier alpha value is -3.24. The molecule has 27 heavy (non-hydrogen) atoms. The third-order valence-electron chi connectivity index (χ3n) is 4.38. The van der Waals surface area contributed by atoms with Crippen molar-refractivity contribution in [3.63, 3.8) is 0 Å². The van der Waals surface area contributed by atoms with Gasteiger partial charge in [-0.25, -0.2) is 8.42 Å². The number of hydrogen-bond donors (Lipinski definition) is 0. The van der Waals surface area contributed by atoms with Crippen molar-refractivity contribution >= 4 is 32.3 Å². The fourth-order valence-electron chi connectivity index (χ4n) is 2.85. The topological polar surface area (TPSA) is 91.1 Å². The van der Waals surface area contributed by atoms with E-state index >= 15 is 0 Å². The number of anilines is 1. The van der Waals surface area contributed by atoms with Crippen LogP contribution in [0.1, 0.15) is 12.5 Å². The molecule has 0 spiro atoms. The Labute approximate surface area is 157 Å². The lowest BCUT2D eigenvalue weighted by Gasteiger charge is -2.19. The minimum Gasteiger partial charge on any atom is -0.314 e. The molecule has 0 fully saturated rings. The predicted octanol–water partition coefficient (Wildman–Crippen LogP) is 3.16. The molecule has 0 aliphatic heterocycles. The molecular formula is C20H17N3O3S. The first-order valence-corrected chi connectivity index (χ1v) is 9.99. The highest BCUT2D eigenvalue weighted by Gasteiger charge is 2.16. The Morgan fingerprint density at radius 1 is 1.11 bits per heavy atom. The van der Waals surface area contributed by atoms with E-state index in [0.29, 0.717) is 22.2 Å². The normalized spacial score (nSPS) is 11.2. The second kappa shape index (κ2) is 6.82. The van der Waals surface area contributed by atoms with E-state index < -0.39 is 9.84 Å². The molecule has 0 radical (unpaired) electrons. The highest BCUT2D eigenvalue weighted by Crippen LogP contribution is 2.32. The van der Waals surface area contributed by atoms with E-state index in [-0.39, 0.29) is 10.8 Å². The number of pyridine rings is 1. The molecule has 2 aromatic carbocycles. The van der Waals surface area contributed by atoms with Crippen LogP contribution in [-0.4, -0.2) is 32.6 Å². The SMILES string of the molecule is CC(=O)N(C)c1c(C#N)cnc2cc(-c3ccc(S(C)(=O)=O)cc3)ccc12. The maximum Gasteiger partial charge on any atom is 0.223 e. The number of sulfone groups is 1. The zero-order valence-corrected chi connectivity index (χ0v) is 15.9. The smallest absolute Gasteiger partial charge is 0.223 e. The molecule has 0 unspecified atom stereocenters. The number of fused-ring (bicyclic) bond motifs is 1. The van der Waals surface area contributed by atoms with Gasteiger partial charge in [0.25, 0.3) is 0 Å². The lowest BCUT2D eigenvalue weighted by atomic mass is 10.0. The second-order valence-corrected chi connectivity index (χ2v) is 8.25. The van der Waals surface area contributed by atoms with Crippen molar-refractivity contribution in [1.82, 2.24) is 4.98 Å². The maximum atomic E-state index is 11.8. The predicted molar refractivity (Wildman–Crippen MR) is 104 cm³/mol. The van der Waals surface area contributed by atoms with E-state index in [9.17, 15) is 18.5 Å². The van der Waals surface area contributed by atoms with E-state index in [2.05, 4.69) is 11.1 Å². The molecule has 0 saturated heterocycles. The fourth-order valence-corrected chi connectivity index (χ4v) is 3.48. The Kier molecular flexibility index (Phi) is 4.68. The maximum absolute atomic E-state index is 11.8. The van der Waals surface area contributed by atoms with Crippen LogP contribution in [0.25, 0.3) is 22.0 Å². The van der Waals surface area contributed by atoms with Crippen LogP contribution in [0.3, 0.4) is 0 Å². The van der Waals surface area contributed by atoms with Crippen molar-refractivity contribution in [3.05, 3.63) is 54.2 Å². The Morgan fingerprint density at radius 2 is 1.74 bits per heavy atom. The van der Waals surface area contributed by atoms with Gasteiger partial charge >= 0.3 is 0 Å². The molecule has 0 atom stereocenters. The fraction of sp³-hybridized carbons (Fsp3) is 0.150. The molecule has 0 N–H and O–H groups in total. The molecule has 1 heterocycles. The summed E-state index contributed by atoms with van der Waals surface area (Å²) in [6, 6.07) is 14.2. The summed E-state index contributed by atoms with van der Waals surface area (Å²) in [5.41, 5.74) is 3.19. The molecule has 1 aromatic heterocycles. The molecule has 136 valence electrons. The Bertz CT molecular complexity index is 1190. The number of nitriles is 1. The van der Waals surface area contributed by atoms with Gasteiger partial charge in [0.05, 0.1) is 21.7 Å². The summed E-state index contributed by atoms with van der Waals surface area (Å²) >= 11 is 0. The Morgan fingerprint density at radius 3 is 2.30 bits per heavy atom. The van der Waals surface area contributed by atoms with Crippen LogP contribution in [0.4, 0.5) is 5.69 Å². The van der Waals surface area contributed by atoms with Crippen LogP contribution in [-0.2, 0) is 14.6 Å². The summed E-state index contributed by atoms with van der Waals surface area (Å²) in [5.74, 6) is -0.181. The summed E-state index contributed by atoms with van der Waals surface area (Å²) in [5, 5.41) is 10.1. The van der Waals surface area contributed by atoms with Gasteiger partial charge in [-0.1, -0.05) is 24.3 Å². The molecule has 7 heteroatoms. The van der Waals surface area contributed by atoms with E-state index in [4.69, 9.17) is 0 Å². The van der Waals surface area contributed by atoms with E-state index in [1.165, 1.54) is 24.3 Å². The largest absolute Gasteiger partial charge is 0.314 e. The van der Waals surface area contributed by atoms with Crippen LogP contribution in [0.5, 0.6) is 0 Å². The third-order valence-corrected chi connectivity index (χ3v) is 5.51. The van der Waals surface area contributed by atoms with E-state index in [1.54, 1.807) is 31.3 Å². The summed E-state index contributed by atoms with van der Waals surface area (Å²) < 4.78 is 23.2. The minimum atomic E-state index is -3.25. The van der Waals surface area contributed by atoms with Crippen LogP contribution in [0.2, 0.25) is 0 Å².